The Labute approximate surface area is 182 Å². The summed E-state index contributed by atoms with van der Waals surface area (Å²) in [6, 6.07) is 13.2. The molecule has 4 rings (SSSR count). The molecule has 162 valence electrons. The molecular formula is C23H19F2N5O2. The van der Waals surface area contributed by atoms with Crippen molar-refractivity contribution in [3.8, 4) is 17.4 Å². The average molecular weight is 435 g/mol. The van der Waals surface area contributed by atoms with Crippen molar-refractivity contribution in [3.63, 3.8) is 0 Å². The third kappa shape index (κ3) is 4.61. The summed E-state index contributed by atoms with van der Waals surface area (Å²) in [7, 11) is 0. The van der Waals surface area contributed by atoms with E-state index in [1.165, 1.54) is 6.07 Å². The molecule has 0 unspecified atom stereocenters. The van der Waals surface area contributed by atoms with Crippen molar-refractivity contribution >= 4 is 11.6 Å². The summed E-state index contributed by atoms with van der Waals surface area (Å²) < 4.78 is 33.9. The highest BCUT2D eigenvalue weighted by Gasteiger charge is 2.12. The van der Waals surface area contributed by atoms with Crippen molar-refractivity contribution < 1.29 is 18.3 Å². The predicted molar refractivity (Wildman–Crippen MR) is 114 cm³/mol. The fraction of sp³-hybridized carbons (Fsp3) is 0.130. The Hall–Kier alpha value is -4.14. The Balaban J connectivity index is 1.48. The van der Waals surface area contributed by atoms with E-state index < -0.39 is 17.5 Å². The number of carbonyl (C=O) groups is 1. The van der Waals surface area contributed by atoms with Gasteiger partial charge in [-0.25, -0.2) is 18.4 Å². The van der Waals surface area contributed by atoms with E-state index in [-0.39, 0.29) is 5.56 Å². The van der Waals surface area contributed by atoms with Crippen LogP contribution in [-0.2, 0) is 0 Å². The second-order valence-electron chi connectivity index (χ2n) is 7.16. The highest BCUT2D eigenvalue weighted by Crippen LogP contribution is 2.24. The molecule has 9 heteroatoms. The van der Waals surface area contributed by atoms with Gasteiger partial charge in [-0.3, -0.25) is 4.79 Å². The largest absolute Gasteiger partial charge is 0.439 e. The number of benzene rings is 2. The van der Waals surface area contributed by atoms with Gasteiger partial charge in [0.2, 0.25) is 5.88 Å². The maximum Gasteiger partial charge on any atom is 0.255 e. The molecule has 4 aromatic rings. The minimum Gasteiger partial charge on any atom is -0.439 e. The van der Waals surface area contributed by atoms with Crippen LogP contribution in [-0.4, -0.2) is 25.7 Å². The molecule has 0 aliphatic carbocycles. The van der Waals surface area contributed by atoms with Crippen molar-refractivity contribution in [2.75, 3.05) is 5.32 Å². The average Bonchev–Trinajstić information content (AvgIpc) is 3.09. The van der Waals surface area contributed by atoms with Gasteiger partial charge in [-0.05, 0) is 69.3 Å². The van der Waals surface area contributed by atoms with E-state index in [2.05, 4.69) is 20.4 Å². The molecule has 0 saturated heterocycles. The number of aryl methyl sites for hydroxylation is 3. The van der Waals surface area contributed by atoms with Gasteiger partial charge in [-0.1, -0.05) is 0 Å². The standard InChI is InChI=1S/C23H19F2N5O2/c1-13-10-14(2)30(29-13)21-12-22(27-15(3)26-21)32-18-7-5-17(6-8-18)28-23(31)16-4-9-19(24)20(25)11-16/h4-12H,1-3H3,(H,28,31). The summed E-state index contributed by atoms with van der Waals surface area (Å²) in [6.45, 7) is 5.60. The number of anilines is 1. The molecule has 0 spiro atoms. The topological polar surface area (TPSA) is 81.9 Å². The molecule has 2 aromatic heterocycles. The van der Waals surface area contributed by atoms with Crippen LogP contribution >= 0.6 is 0 Å². The van der Waals surface area contributed by atoms with Gasteiger partial charge >= 0.3 is 0 Å². The quantitative estimate of drug-likeness (QED) is 0.482. The lowest BCUT2D eigenvalue weighted by Crippen LogP contribution is -2.12. The van der Waals surface area contributed by atoms with Crippen LogP contribution in [0.4, 0.5) is 14.5 Å². The number of nitrogens with one attached hydrogen (secondary N) is 1. The van der Waals surface area contributed by atoms with Crippen LogP contribution in [0.15, 0.2) is 54.6 Å². The second kappa shape index (κ2) is 8.54. The Morgan fingerprint density at radius 1 is 0.938 bits per heavy atom. The van der Waals surface area contributed by atoms with Gasteiger partial charge in [-0.15, -0.1) is 0 Å². The number of hydrogen-bond donors (Lipinski definition) is 1. The number of nitrogens with zero attached hydrogens (tertiary/aromatic N) is 4. The van der Waals surface area contributed by atoms with Gasteiger partial charge in [-0.2, -0.15) is 10.1 Å². The number of carbonyl (C=O) groups excluding carboxylic acids is 1. The highest BCUT2D eigenvalue weighted by molar-refractivity contribution is 6.04. The van der Waals surface area contributed by atoms with Gasteiger partial charge < -0.3 is 10.1 Å². The summed E-state index contributed by atoms with van der Waals surface area (Å²) in [5, 5.41) is 7.05. The number of amides is 1. The molecule has 2 heterocycles. The van der Waals surface area contributed by atoms with Gasteiger partial charge in [0.25, 0.3) is 5.91 Å². The van der Waals surface area contributed by atoms with E-state index in [9.17, 15) is 13.6 Å². The molecule has 0 aliphatic rings. The first-order valence-electron chi connectivity index (χ1n) is 9.72. The van der Waals surface area contributed by atoms with Crippen molar-refractivity contribution in [3.05, 3.63) is 89.0 Å². The molecule has 0 radical (unpaired) electrons. The van der Waals surface area contributed by atoms with Crippen LogP contribution < -0.4 is 10.1 Å². The molecule has 32 heavy (non-hydrogen) atoms. The predicted octanol–water partition coefficient (Wildman–Crippen LogP) is 4.91. The normalized spacial score (nSPS) is 10.8. The monoisotopic (exact) mass is 435 g/mol. The van der Waals surface area contributed by atoms with E-state index in [0.29, 0.717) is 29.0 Å². The first-order chi connectivity index (χ1) is 15.3. The lowest BCUT2D eigenvalue weighted by molar-refractivity contribution is 0.102. The van der Waals surface area contributed by atoms with E-state index >= 15 is 0 Å². The zero-order chi connectivity index (χ0) is 22.8. The Bertz CT molecular complexity index is 1300. The first kappa shape index (κ1) is 21.1. The van der Waals surface area contributed by atoms with Gasteiger partial charge in [0.05, 0.1) is 5.69 Å². The first-order valence-corrected chi connectivity index (χ1v) is 9.72. The molecule has 0 saturated carbocycles. The Morgan fingerprint density at radius 3 is 2.34 bits per heavy atom. The maximum atomic E-state index is 13.3. The van der Waals surface area contributed by atoms with E-state index in [4.69, 9.17) is 4.74 Å². The molecule has 1 amide bonds. The number of halogens is 2. The molecular weight excluding hydrogens is 416 g/mol. The van der Waals surface area contributed by atoms with Crippen molar-refractivity contribution in [2.24, 2.45) is 0 Å². The summed E-state index contributed by atoms with van der Waals surface area (Å²) in [5.41, 5.74) is 2.29. The summed E-state index contributed by atoms with van der Waals surface area (Å²) in [6.07, 6.45) is 0. The molecule has 7 nitrogen and oxygen atoms in total. The summed E-state index contributed by atoms with van der Waals surface area (Å²) in [4.78, 5) is 21.0. The number of ether oxygens (including phenoxy) is 1. The minimum absolute atomic E-state index is 0.0115. The number of aromatic nitrogens is 4. The third-order valence-electron chi connectivity index (χ3n) is 4.54. The van der Waals surface area contributed by atoms with Crippen LogP contribution in [0.5, 0.6) is 11.6 Å². The molecule has 0 atom stereocenters. The third-order valence-corrected chi connectivity index (χ3v) is 4.54. The molecule has 1 N–H and O–H groups in total. The summed E-state index contributed by atoms with van der Waals surface area (Å²) in [5.74, 6) is -0.690. The Morgan fingerprint density at radius 2 is 1.69 bits per heavy atom. The maximum absolute atomic E-state index is 13.3. The van der Waals surface area contributed by atoms with Gasteiger partial charge in [0.15, 0.2) is 17.5 Å². The number of rotatable bonds is 5. The van der Waals surface area contributed by atoms with E-state index in [1.807, 2.05) is 19.9 Å². The fourth-order valence-corrected chi connectivity index (χ4v) is 3.11. The van der Waals surface area contributed by atoms with Crippen LogP contribution in [0.1, 0.15) is 27.6 Å². The zero-order valence-electron chi connectivity index (χ0n) is 17.6. The SMILES string of the molecule is Cc1cc(C)n(-c2cc(Oc3ccc(NC(=O)c4ccc(F)c(F)c4)cc3)nc(C)n2)n1. The molecule has 2 aromatic carbocycles. The Kier molecular flexibility index (Phi) is 5.63. The minimum atomic E-state index is -1.08. The van der Waals surface area contributed by atoms with Crippen molar-refractivity contribution in [1.29, 1.82) is 0 Å². The van der Waals surface area contributed by atoms with Crippen LogP contribution in [0.2, 0.25) is 0 Å². The molecule has 0 aliphatic heterocycles. The number of hydrogen-bond acceptors (Lipinski definition) is 5. The highest BCUT2D eigenvalue weighted by atomic mass is 19.2. The van der Waals surface area contributed by atoms with E-state index in [0.717, 1.165) is 23.5 Å². The van der Waals surface area contributed by atoms with E-state index in [1.54, 1.807) is 41.9 Å². The fourth-order valence-electron chi connectivity index (χ4n) is 3.11. The van der Waals surface area contributed by atoms with Crippen molar-refractivity contribution in [2.45, 2.75) is 20.8 Å². The van der Waals surface area contributed by atoms with Gasteiger partial charge in [0, 0.05) is 23.0 Å². The molecule has 0 bridgehead atoms. The van der Waals surface area contributed by atoms with Crippen LogP contribution in [0.3, 0.4) is 0 Å². The lowest BCUT2D eigenvalue weighted by Gasteiger charge is -2.10. The van der Waals surface area contributed by atoms with Crippen molar-refractivity contribution in [1.82, 2.24) is 19.7 Å². The summed E-state index contributed by atoms with van der Waals surface area (Å²) >= 11 is 0. The zero-order valence-corrected chi connectivity index (χ0v) is 17.6. The van der Waals surface area contributed by atoms with Crippen LogP contribution in [0, 0.1) is 32.4 Å². The van der Waals surface area contributed by atoms with Crippen LogP contribution in [0.25, 0.3) is 5.82 Å². The van der Waals surface area contributed by atoms with Gasteiger partial charge in [0.1, 0.15) is 11.6 Å². The smallest absolute Gasteiger partial charge is 0.255 e. The second-order valence-corrected chi connectivity index (χ2v) is 7.16. The lowest BCUT2D eigenvalue weighted by atomic mass is 10.2. The molecule has 0 fully saturated rings.